The standard InChI is InChI=1S/C24H32ClN3O3/c1-14(18-4-2-3-5-19(18)25)28-6-7-31-20(13-28)22(29)27-21-16-8-15-9-17(21)12-24(10-15,11-16)23(26)30/h2-5,14-17,20-21H,6-13H2,1H3,(H2,26,30)(H,27,29). The molecule has 7 heteroatoms. The van der Waals surface area contributed by atoms with Crippen molar-refractivity contribution in [3.63, 3.8) is 0 Å². The van der Waals surface area contributed by atoms with Crippen molar-refractivity contribution in [1.29, 1.82) is 0 Å². The molecule has 0 aromatic heterocycles. The van der Waals surface area contributed by atoms with Gasteiger partial charge in [-0.15, -0.1) is 0 Å². The Bertz CT molecular complexity index is 861. The molecule has 1 saturated heterocycles. The highest BCUT2D eigenvalue weighted by atomic mass is 35.5. The Kier molecular flexibility index (Phi) is 5.51. The van der Waals surface area contributed by atoms with E-state index in [9.17, 15) is 9.59 Å². The fraction of sp³-hybridized carbons (Fsp3) is 0.667. The lowest BCUT2D eigenvalue weighted by Gasteiger charge is -2.59. The Labute approximate surface area is 188 Å². The topological polar surface area (TPSA) is 84.7 Å². The minimum absolute atomic E-state index is 0.0262. The van der Waals surface area contributed by atoms with Crippen molar-refractivity contribution in [3.05, 3.63) is 34.9 Å². The molecule has 0 radical (unpaired) electrons. The number of halogens is 1. The fourth-order valence-electron chi connectivity index (χ4n) is 7.01. The van der Waals surface area contributed by atoms with Crippen LogP contribution in [-0.2, 0) is 14.3 Å². The van der Waals surface area contributed by atoms with E-state index in [4.69, 9.17) is 22.1 Å². The van der Waals surface area contributed by atoms with Gasteiger partial charge in [-0.3, -0.25) is 14.5 Å². The van der Waals surface area contributed by atoms with Gasteiger partial charge >= 0.3 is 0 Å². The largest absolute Gasteiger partial charge is 0.369 e. The molecule has 3 N–H and O–H groups in total. The third-order valence-corrected chi connectivity index (χ3v) is 8.74. The van der Waals surface area contributed by atoms with Crippen LogP contribution in [-0.4, -0.2) is 48.6 Å². The maximum absolute atomic E-state index is 13.2. The maximum atomic E-state index is 13.2. The van der Waals surface area contributed by atoms with Crippen molar-refractivity contribution in [3.8, 4) is 0 Å². The number of nitrogens with zero attached hydrogens (tertiary/aromatic N) is 1. The van der Waals surface area contributed by atoms with E-state index in [0.29, 0.717) is 30.9 Å². The summed E-state index contributed by atoms with van der Waals surface area (Å²) in [5, 5.41) is 4.08. The molecule has 1 aromatic rings. The van der Waals surface area contributed by atoms with Crippen molar-refractivity contribution < 1.29 is 14.3 Å². The molecule has 5 fully saturated rings. The third kappa shape index (κ3) is 3.77. The highest BCUT2D eigenvalue weighted by molar-refractivity contribution is 6.31. The molecule has 0 spiro atoms. The van der Waals surface area contributed by atoms with E-state index in [1.54, 1.807) is 0 Å². The molecular formula is C24H32ClN3O3. The molecule has 1 aliphatic heterocycles. The maximum Gasteiger partial charge on any atom is 0.250 e. The normalized spacial score (nSPS) is 38.1. The number of primary amides is 1. The second kappa shape index (κ2) is 8.05. The van der Waals surface area contributed by atoms with Gasteiger partial charge in [0.25, 0.3) is 5.91 Å². The van der Waals surface area contributed by atoms with E-state index in [2.05, 4.69) is 17.1 Å². The van der Waals surface area contributed by atoms with E-state index in [0.717, 1.165) is 49.2 Å². The Morgan fingerprint density at radius 1 is 1.23 bits per heavy atom. The minimum Gasteiger partial charge on any atom is -0.369 e. The Morgan fingerprint density at radius 2 is 1.94 bits per heavy atom. The molecule has 1 aromatic carbocycles. The molecule has 4 atom stereocenters. The zero-order valence-electron chi connectivity index (χ0n) is 18.1. The Balaban J connectivity index is 1.24. The monoisotopic (exact) mass is 445 g/mol. The summed E-state index contributed by atoms with van der Waals surface area (Å²) in [7, 11) is 0. The van der Waals surface area contributed by atoms with E-state index >= 15 is 0 Å². The van der Waals surface area contributed by atoms with Crippen LogP contribution >= 0.6 is 11.6 Å². The van der Waals surface area contributed by atoms with Gasteiger partial charge < -0.3 is 15.8 Å². The number of amides is 2. The summed E-state index contributed by atoms with van der Waals surface area (Å²) in [6, 6.07) is 8.12. The molecule has 6 rings (SSSR count). The number of carbonyl (C=O) groups is 2. The van der Waals surface area contributed by atoms with Crippen LogP contribution in [0.4, 0.5) is 0 Å². The summed E-state index contributed by atoms with van der Waals surface area (Å²) in [4.78, 5) is 27.6. The molecule has 4 aliphatic carbocycles. The Hall–Kier alpha value is -1.63. The van der Waals surface area contributed by atoms with Gasteiger partial charge in [-0.1, -0.05) is 29.8 Å². The number of hydrogen-bond acceptors (Lipinski definition) is 4. The summed E-state index contributed by atoms with van der Waals surface area (Å²) in [5.41, 5.74) is 6.54. The summed E-state index contributed by atoms with van der Waals surface area (Å²) in [5.74, 6) is 1.11. The first-order valence-electron chi connectivity index (χ1n) is 11.6. The van der Waals surface area contributed by atoms with Gasteiger partial charge in [-0.2, -0.15) is 0 Å². The van der Waals surface area contributed by atoms with Crippen LogP contribution < -0.4 is 11.1 Å². The first-order valence-corrected chi connectivity index (χ1v) is 11.9. The predicted octanol–water partition coefficient (Wildman–Crippen LogP) is 2.90. The van der Waals surface area contributed by atoms with Crippen molar-refractivity contribution in [2.75, 3.05) is 19.7 Å². The van der Waals surface area contributed by atoms with Crippen LogP contribution in [0, 0.1) is 23.2 Å². The van der Waals surface area contributed by atoms with Crippen molar-refractivity contribution >= 4 is 23.4 Å². The molecule has 168 valence electrons. The fourth-order valence-corrected chi connectivity index (χ4v) is 7.30. The molecule has 1 heterocycles. The van der Waals surface area contributed by atoms with Crippen molar-refractivity contribution in [2.24, 2.45) is 28.9 Å². The Morgan fingerprint density at radius 3 is 2.61 bits per heavy atom. The SMILES string of the molecule is CC(c1ccccc1Cl)N1CCOC(C(=O)NC2C3CC4CC2CC(C(N)=O)(C4)C3)C1. The average molecular weight is 446 g/mol. The van der Waals surface area contributed by atoms with Crippen LogP contribution in [0.5, 0.6) is 0 Å². The molecule has 31 heavy (non-hydrogen) atoms. The van der Waals surface area contributed by atoms with Gasteiger partial charge in [0.2, 0.25) is 5.91 Å². The van der Waals surface area contributed by atoms with Gasteiger partial charge in [0, 0.05) is 35.6 Å². The molecular weight excluding hydrogens is 414 g/mol. The number of nitrogens with one attached hydrogen (secondary N) is 1. The second-order valence-electron chi connectivity index (χ2n) is 10.2. The second-order valence-corrected chi connectivity index (χ2v) is 10.6. The van der Waals surface area contributed by atoms with Crippen LogP contribution in [0.25, 0.3) is 0 Å². The zero-order chi connectivity index (χ0) is 21.8. The molecule has 6 nitrogen and oxygen atoms in total. The number of hydrogen-bond donors (Lipinski definition) is 2. The summed E-state index contributed by atoms with van der Waals surface area (Å²) >= 11 is 6.40. The molecule has 5 aliphatic rings. The van der Waals surface area contributed by atoms with Crippen molar-refractivity contribution in [1.82, 2.24) is 10.2 Å². The van der Waals surface area contributed by atoms with Crippen LogP contribution in [0.1, 0.15) is 50.6 Å². The number of ether oxygens (including phenoxy) is 1. The summed E-state index contributed by atoms with van der Waals surface area (Å²) in [6.45, 7) is 3.97. The van der Waals surface area contributed by atoms with Gasteiger partial charge in [0.15, 0.2) is 0 Å². The summed E-state index contributed by atoms with van der Waals surface area (Å²) in [6.07, 6.45) is 4.29. The zero-order valence-corrected chi connectivity index (χ0v) is 18.8. The molecule has 4 saturated carbocycles. The van der Waals surface area contributed by atoms with E-state index in [-0.39, 0.29) is 29.3 Å². The van der Waals surface area contributed by atoms with Crippen molar-refractivity contribution in [2.45, 2.75) is 57.2 Å². The number of nitrogens with two attached hydrogens (primary N) is 1. The number of benzene rings is 1. The number of morpholine rings is 1. The first-order chi connectivity index (χ1) is 14.9. The lowest BCUT2D eigenvalue weighted by atomic mass is 9.47. The first kappa shape index (κ1) is 21.2. The number of rotatable bonds is 5. The third-order valence-electron chi connectivity index (χ3n) is 8.40. The van der Waals surface area contributed by atoms with Crippen LogP contribution in [0.15, 0.2) is 24.3 Å². The van der Waals surface area contributed by atoms with Crippen LogP contribution in [0.2, 0.25) is 5.02 Å². The van der Waals surface area contributed by atoms with Gasteiger partial charge in [0.05, 0.1) is 6.61 Å². The highest BCUT2D eigenvalue weighted by Crippen LogP contribution is 2.59. The highest BCUT2D eigenvalue weighted by Gasteiger charge is 2.58. The van der Waals surface area contributed by atoms with E-state index in [1.807, 2.05) is 24.3 Å². The minimum atomic E-state index is -0.485. The van der Waals surface area contributed by atoms with E-state index in [1.165, 1.54) is 0 Å². The van der Waals surface area contributed by atoms with E-state index < -0.39 is 6.10 Å². The number of carbonyl (C=O) groups excluding carboxylic acids is 2. The molecule has 2 amide bonds. The lowest BCUT2D eigenvalue weighted by molar-refractivity contribution is -0.151. The van der Waals surface area contributed by atoms with Gasteiger partial charge in [-0.05, 0) is 68.4 Å². The van der Waals surface area contributed by atoms with Gasteiger partial charge in [-0.25, -0.2) is 0 Å². The van der Waals surface area contributed by atoms with Gasteiger partial charge in [0.1, 0.15) is 6.10 Å². The summed E-state index contributed by atoms with van der Waals surface area (Å²) < 4.78 is 5.88. The predicted molar refractivity (Wildman–Crippen MR) is 118 cm³/mol. The quantitative estimate of drug-likeness (QED) is 0.729. The molecule has 4 bridgehead atoms. The lowest BCUT2D eigenvalue weighted by Crippen LogP contribution is -2.63. The van der Waals surface area contributed by atoms with Crippen LogP contribution in [0.3, 0.4) is 0 Å². The molecule has 4 unspecified atom stereocenters. The average Bonchev–Trinajstić information content (AvgIpc) is 2.75. The smallest absolute Gasteiger partial charge is 0.250 e.